The molecule has 0 radical (unpaired) electrons. The number of benzene rings is 3. The number of hydrogen-bond donors (Lipinski definition) is 4. The Labute approximate surface area is 534 Å². The van der Waals surface area contributed by atoms with Gasteiger partial charge in [0, 0.05) is 114 Å². The van der Waals surface area contributed by atoms with Gasteiger partial charge in [-0.1, -0.05) is 125 Å². The quantitative estimate of drug-likeness (QED) is 0.105. The number of nitrogens with one attached hydrogen (secondary N) is 4. The highest BCUT2D eigenvalue weighted by atomic mass is 32.1. The molecule has 91 heavy (non-hydrogen) atoms. The molecule has 15 rings (SSSR count). The molecule has 0 aliphatic carbocycles. The summed E-state index contributed by atoms with van der Waals surface area (Å²) in [6.07, 6.45) is 14.0. The number of fused-ring (bicyclic) bond motifs is 3. The van der Waals surface area contributed by atoms with Crippen LogP contribution in [0, 0.1) is 16.2 Å². The fraction of sp³-hybridized carbons (Fsp3) is 0.400. The van der Waals surface area contributed by atoms with Gasteiger partial charge < -0.3 is 43.4 Å². The van der Waals surface area contributed by atoms with Crippen molar-refractivity contribution >= 4 is 98.1 Å². The van der Waals surface area contributed by atoms with Gasteiger partial charge in [-0.2, -0.15) is 8.78 Å². The molecule has 3 aromatic carbocycles. The molecular weight excluding hydrogens is 1230 g/mol. The van der Waals surface area contributed by atoms with Crippen LogP contribution in [0.3, 0.4) is 0 Å². The summed E-state index contributed by atoms with van der Waals surface area (Å²) in [4.78, 5) is 81.2. The van der Waals surface area contributed by atoms with E-state index in [-0.39, 0.29) is 51.3 Å². The van der Waals surface area contributed by atoms with E-state index in [0.29, 0.717) is 50.1 Å². The van der Waals surface area contributed by atoms with Crippen molar-refractivity contribution in [2.75, 3.05) is 102 Å². The number of likely N-dealkylation sites (tertiary alicyclic amines) is 3. The molecule has 6 fully saturated rings. The molecule has 6 saturated heterocycles. The van der Waals surface area contributed by atoms with Crippen LogP contribution in [0.2, 0.25) is 0 Å². The van der Waals surface area contributed by atoms with E-state index in [0.717, 1.165) is 166 Å². The second-order valence-corrected chi connectivity index (χ2v) is 26.9. The average Bonchev–Trinajstić information content (AvgIpc) is 2.28. The molecule has 6 aromatic heterocycles. The number of methoxy groups -OCH3 is 1. The number of aromatic amines is 1. The van der Waals surface area contributed by atoms with Crippen LogP contribution in [0.15, 0.2) is 114 Å². The van der Waals surface area contributed by atoms with Gasteiger partial charge in [0.25, 0.3) is 5.56 Å². The lowest BCUT2D eigenvalue weighted by Gasteiger charge is -2.33. The molecule has 6 aliphatic rings. The second-order valence-electron chi connectivity index (χ2n) is 23.9. The van der Waals surface area contributed by atoms with Crippen LogP contribution < -0.4 is 31.0 Å². The van der Waals surface area contributed by atoms with Crippen molar-refractivity contribution in [3.63, 3.8) is 0 Å². The molecule has 21 nitrogen and oxygen atoms in total. The molecule has 6 amide bonds. The summed E-state index contributed by atoms with van der Waals surface area (Å²) in [5.41, 5.74) is 7.06. The first kappa shape index (κ1) is 61.6. The van der Waals surface area contributed by atoms with Crippen molar-refractivity contribution in [1.82, 2.24) is 44.6 Å². The number of carbonyl (C=O) groups is 3. The van der Waals surface area contributed by atoms with Crippen LogP contribution >= 0.6 is 34.0 Å². The Hall–Kier alpha value is -8.27. The number of carbonyl (C=O) groups excluding carboxylic acids is 3. The molecule has 4 N–H and O–H groups in total. The first-order valence-corrected chi connectivity index (χ1v) is 33.0. The van der Waals surface area contributed by atoms with E-state index in [9.17, 15) is 28.0 Å². The minimum Gasteiger partial charge on any atom is -0.479 e. The predicted molar refractivity (Wildman–Crippen MR) is 348 cm³/mol. The summed E-state index contributed by atoms with van der Waals surface area (Å²) in [6.45, 7) is 6.00. The Kier molecular flexibility index (Phi) is 18.2. The molecule has 474 valence electrons. The highest BCUT2D eigenvalue weighted by molar-refractivity contribution is 7.23. The van der Waals surface area contributed by atoms with Crippen LogP contribution in [-0.2, 0) is 14.2 Å². The summed E-state index contributed by atoms with van der Waals surface area (Å²) in [5, 5.41) is 10.1. The number of nitrogens with zero attached hydrogens (tertiary/aromatic N) is 8. The number of halogens is 2. The number of urea groups is 3. The fourth-order valence-corrected chi connectivity index (χ4v) is 16.1. The van der Waals surface area contributed by atoms with Gasteiger partial charge in [0.2, 0.25) is 11.8 Å². The molecule has 0 atom stereocenters. The fourth-order valence-electron chi connectivity index (χ4n) is 13.1. The van der Waals surface area contributed by atoms with Crippen LogP contribution in [0.1, 0.15) is 57.8 Å². The first-order valence-electron chi connectivity index (χ1n) is 30.5. The summed E-state index contributed by atoms with van der Waals surface area (Å²) in [6, 6.07) is 28.9. The molecule has 0 saturated carbocycles. The molecule has 26 heteroatoms. The number of ether oxygens (including phenoxy) is 5. The van der Waals surface area contributed by atoms with Crippen LogP contribution in [0.4, 0.5) is 38.6 Å². The van der Waals surface area contributed by atoms with Gasteiger partial charge in [-0.25, -0.2) is 39.3 Å². The Balaban J connectivity index is 0.000000125. The topological polar surface area (TPSA) is 240 Å². The maximum atomic E-state index is 12.9. The zero-order chi connectivity index (χ0) is 62.5. The summed E-state index contributed by atoms with van der Waals surface area (Å²) >= 11 is 4.01. The number of alkyl halides is 2. The van der Waals surface area contributed by atoms with Gasteiger partial charge in [-0.15, -0.1) is 0 Å². The van der Waals surface area contributed by atoms with Crippen molar-refractivity contribution in [2.24, 2.45) is 16.2 Å². The van der Waals surface area contributed by atoms with E-state index in [1.54, 1.807) is 24.4 Å². The third kappa shape index (κ3) is 13.6. The van der Waals surface area contributed by atoms with Crippen molar-refractivity contribution < 1.29 is 46.8 Å². The van der Waals surface area contributed by atoms with Crippen LogP contribution in [-0.4, -0.2) is 155 Å². The molecule has 0 bridgehead atoms. The number of H-pyrrole nitrogens is 1. The number of aromatic nitrogens is 6. The standard InChI is InChI=1S/C22H22F2N4O3S.C22H24N4O3S.C21H22N4O3S/c23-19(24)31-18-16-17(15(12-25-18)14-4-2-1-3-5-14)32-20(26-16)27-21(29)28-9-6-22(13-28)7-10-30-11-8-22;1-28-19-17-18(16(13-23-19)15-5-3-2-4-6-15)30-20(24-17)25-21(27)26-10-7-22(14-26)8-11-29-12-9-22;26-18-16-17(15(12-22-18)14-4-2-1-3-5-14)29-19(23-16)24-20(27)25-9-6-21(13-25)7-10-28-11-8-21/h1-5,12,19H,6-11,13H2,(H,26,27,29);2-6,13H,7-12,14H2,1H3,(H,24,25,27);1-5,12H,6-11,13H2,(H,22,26)(H,23,24,27). The predicted octanol–water partition coefficient (Wildman–Crippen LogP) is 13.1. The van der Waals surface area contributed by atoms with E-state index in [2.05, 4.69) is 50.6 Å². The van der Waals surface area contributed by atoms with Crippen molar-refractivity contribution in [2.45, 2.75) is 64.4 Å². The Morgan fingerprint density at radius 1 is 0.516 bits per heavy atom. The Morgan fingerprint density at radius 2 is 0.868 bits per heavy atom. The van der Waals surface area contributed by atoms with E-state index < -0.39 is 6.61 Å². The van der Waals surface area contributed by atoms with Gasteiger partial charge in [0.05, 0.1) is 21.2 Å². The smallest absolute Gasteiger partial charge is 0.388 e. The minimum absolute atomic E-state index is 0.0920. The lowest BCUT2D eigenvalue weighted by Crippen LogP contribution is -2.37. The van der Waals surface area contributed by atoms with E-state index >= 15 is 0 Å². The summed E-state index contributed by atoms with van der Waals surface area (Å²) in [5.74, 6) is 0.206. The number of thiazole rings is 3. The number of hydrogen-bond acceptors (Lipinski definition) is 17. The van der Waals surface area contributed by atoms with Gasteiger partial charge in [0.1, 0.15) is 16.6 Å². The number of amides is 6. The molecule has 3 spiro atoms. The molecular formula is C65H68F2N12O9S3. The molecule has 12 heterocycles. The molecule has 6 aliphatic heterocycles. The average molecular weight is 1300 g/mol. The SMILES string of the molecule is COc1ncc(-c2ccccc2)c2sc(NC(=O)N3CCC4(CCOCC4)C3)nc12.O=C(Nc1nc2c(=O)[nH]cc(-c3ccccc3)c2s1)N1CCC2(CCOCC2)C1.O=C(Nc1nc2c(OC(F)F)ncc(-c3ccccc3)c2s1)N1CCC2(CCOCC2)C1. The highest BCUT2D eigenvalue weighted by Gasteiger charge is 2.44. The Morgan fingerprint density at radius 3 is 1.25 bits per heavy atom. The van der Waals surface area contributed by atoms with Gasteiger partial charge in [-0.3, -0.25) is 20.7 Å². The molecule has 9 aromatic rings. The summed E-state index contributed by atoms with van der Waals surface area (Å²) in [7, 11) is 1.58. The number of anilines is 3. The first-order chi connectivity index (χ1) is 44.3. The lowest BCUT2D eigenvalue weighted by molar-refractivity contribution is -0.0518. The zero-order valence-corrected chi connectivity index (χ0v) is 52.5. The monoisotopic (exact) mass is 1290 g/mol. The van der Waals surface area contributed by atoms with E-state index in [4.69, 9.17) is 18.9 Å². The van der Waals surface area contributed by atoms with Crippen molar-refractivity contribution in [1.29, 1.82) is 0 Å². The maximum absolute atomic E-state index is 12.9. The van der Waals surface area contributed by atoms with Gasteiger partial charge >= 0.3 is 24.7 Å². The van der Waals surface area contributed by atoms with E-state index in [1.165, 1.54) is 40.2 Å². The second kappa shape index (κ2) is 26.9. The third-order valence-corrected chi connectivity index (χ3v) is 21.3. The lowest BCUT2D eigenvalue weighted by atomic mass is 9.80. The normalized spacial score (nSPS) is 18.1. The van der Waals surface area contributed by atoms with Gasteiger partial charge in [0.15, 0.2) is 15.4 Å². The molecule has 0 unspecified atom stereocenters. The van der Waals surface area contributed by atoms with Crippen LogP contribution in [0.5, 0.6) is 11.8 Å². The van der Waals surface area contributed by atoms with Crippen LogP contribution in [0.25, 0.3) is 64.0 Å². The highest BCUT2D eigenvalue weighted by Crippen LogP contribution is 2.45. The maximum Gasteiger partial charge on any atom is 0.388 e. The van der Waals surface area contributed by atoms with Crippen molar-refractivity contribution in [3.8, 4) is 45.1 Å². The minimum atomic E-state index is -3.02. The largest absolute Gasteiger partial charge is 0.479 e. The number of pyridine rings is 3. The van der Waals surface area contributed by atoms with E-state index in [1.807, 2.05) is 101 Å². The van der Waals surface area contributed by atoms with Crippen molar-refractivity contribution in [3.05, 3.63) is 120 Å². The third-order valence-electron chi connectivity index (χ3n) is 18.3. The Bertz CT molecular complexity index is 4120. The summed E-state index contributed by atoms with van der Waals surface area (Å²) < 4.78 is 54.6. The van der Waals surface area contributed by atoms with Gasteiger partial charge in [-0.05, 0) is 90.7 Å². The zero-order valence-electron chi connectivity index (χ0n) is 50.1. The number of rotatable bonds is 9.